The lowest BCUT2D eigenvalue weighted by atomic mass is 10.0. The number of rotatable bonds is 8. The van der Waals surface area contributed by atoms with Crippen molar-refractivity contribution in [2.45, 2.75) is 58.3 Å². The van der Waals surface area contributed by atoms with Crippen molar-refractivity contribution in [1.82, 2.24) is 5.32 Å². The lowest BCUT2D eigenvalue weighted by Gasteiger charge is -2.10. The molecule has 1 rings (SSSR count). The molecule has 100 valence electrons. The molecule has 1 amide bonds. The highest BCUT2D eigenvalue weighted by atomic mass is 35.5. The first kappa shape index (κ1) is 14.8. The Balaban J connectivity index is 1.93. The third kappa shape index (κ3) is 6.92. The summed E-state index contributed by atoms with van der Waals surface area (Å²) in [7, 11) is 0. The van der Waals surface area contributed by atoms with Crippen molar-refractivity contribution < 1.29 is 4.79 Å². The number of amides is 1. The molecule has 0 aliphatic heterocycles. The van der Waals surface area contributed by atoms with Gasteiger partial charge < -0.3 is 5.32 Å². The Hall–Kier alpha value is -0.240. The number of hydrogen-bond acceptors (Lipinski definition) is 1. The lowest BCUT2D eigenvalue weighted by molar-refractivity contribution is -0.121. The fourth-order valence-electron chi connectivity index (χ4n) is 2.48. The molecule has 0 aromatic rings. The zero-order valence-electron chi connectivity index (χ0n) is 11.0. The van der Waals surface area contributed by atoms with E-state index in [2.05, 4.69) is 12.2 Å². The summed E-state index contributed by atoms with van der Waals surface area (Å²) in [6, 6.07) is 0. The van der Waals surface area contributed by atoms with Crippen LogP contribution in [0.3, 0.4) is 0 Å². The van der Waals surface area contributed by atoms with Crippen LogP contribution in [0.15, 0.2) is 0 Å². The van der Waals surface area contributed by atoms with Crippen LogP contribution in [0.25, 0.3) is 0 Å². The van der Waals surface area contributed by atoms with Gasteiger partial charge in [0.15, 0.2) is 0 Å². The summed E-state index contributed by atoms with van der Waals surface area (Å²) in [4.78, 5) is 11.6. The fourth-order valence-corrected chi connectivity index (χ4v) is 2.63. The predicted octanol–water partition coefficient (Wildman–Crippen LogP) is 3.73. The van der Waals surface area contributed by atoms with E-state index in [4.69, 9.17) is 11.6 Å². The third-order valence-corrected chi connectivity index (χ3v) is 4.24. The molecule has 0 radical (unpaired) electrons. The van der Waals surface area contributed by atoms with Crippen LogP contribution >= 0.6 is 11.6 Å². The van der Waals surface area contributed by atoms with Crippen molar-refractivity contribution in [1.29, 1.82) is 0 Å². The Morgan fingerprint density at radius 2 is 2.12 bits per heavy atom. The molecule has 1 fully saturated rings. The summed E-state index contributed by atoms with van der Waals surface area (Å²) in [6.07, 6.45) is 9.35. The SMILES string of the molecule is CC(CCl)CCCNC(=O)CCC1CCCC1. The van der Waals surface area contributed by atoms with Crippen molar-refractivity contribution in [2.24, 2.45) is 11.8 Å². The van der Waals surface area contributed by atoms with E-state index < -0.39 is 0 Å². The highest BCUT2D eigenvalue weighted by Crippen LogP contribution is 2.28. The molecule has 1 atom stereocenters. The molecule has 1 aliphatic carbocycles. The number of carbonyl (C=O) groups excluding carboxylic acids is 1. The van der Waals surface area contributed by atoms with Gasteiger partial charge in [0.1, 0.15) is 0 Å². The molecule has 0 saturated heterocycles. The quantitative estimate of drug-likeness (QED) is 0.522. The highest BCUT2D eigenvalue weighted by molar-refractivity contribution is 6.18. The van der Waals surface area contributed by atoms with Crippen LogP contribution in [-0.4, -0.2) is 18.3 Å². The van der Waals surface area contributed by atoms with Gasteiger partial charge in [-0.2, -0.15) is 0 Å². The van der Waals surface area contributed by atoms with Gasteiger partial charge in [-0.1, -0.05) is 32.6 Å². The average molecular weight is 260 g/mol. The molecule has 0 aromatic heterocycles. The van der Waals surface area contributed by atoms with Crippen molar-refractivity contribution in [2.75, 3.05) is 12.4 Å². The molecule has 1 saturated carbocycles. The highest BCUT2D eigenvalue weighted by Gasteiger charge is 2.15. The van der Waals surface area contributed by atoms with Crippen LogP contribution in [0.2, 0.25) is 0 Å². The van der Waals surface area contributed by atoms with Gasteiger partial charge >= 0.3 is 0 Å². The second-order valence-electron chi connectivity index (χ2n) is 5.44. The summed E-state index contributed by atoms with van der Waals surface area (Å²) in [6.45, 7) is 2.96. The molecule has 0 bridgehead atoms. The maximum atomic E-state index is 11.6. The third-order valence-electron chi connectivity index (χ3n) is 3.71. The molecule has 17 heavy (non-hydrogen) atoms. The summed E-state index contributed by atoms with van der Waals surface area (Å²) >= 11 is 5.73. The zero-order valence-corrected chi connectivity index (χ0v) is 11.8. The van der Waals surface area contributed by atoms with Crippen molar-refractivity contribution in [3.05, 3.63) is 0 Å². The van der Waals surface area contributed by atoms with Gasteiger partial charge in [-0.25, -0.2) is 0 Å². The van der Waals surface area contributed by atoms with Gasteiger partial charge in [0.05, 0.1) is 0 Å². The van der Waals surface area contributed by atoms with E-state index in [1.54, 1.807) is 0 Å². The van der Waals surface area contributed by atoms with Crippen LogP contribution in [0.5, 0.6) is 0 Å². The summed E-state index contributed by atoms with van der Waals surface area (Å²) in [5, 5.41) is 3.00. The minimum atomic E-state index is 0.232. The van der Waals surface area contributed by atoms with E-state index in [-0.39, 0.29) is 5.91 Å². The van der Waals surface area contributed by atoms with Gasteiger partial charge in [0, 0.05) is 18.8 Å². The van der Waals surface area contributed by atoms with Crippen molar-refractivity contribution in [3.8, 4) is 0 Å². The van der Waals surface area contributed by atoms with E-state index >= 15 is 0 Å². The maximum absolute atomic E-state index is 11.6. The Morgan fingerprint density at radius 3 is 2.76 bits per heavy atom. The molecule has 1 N–H and O–H groups in total. The first-order valence-electron chi connectivity index (χ1n) is 7.05. The number of hydrogen-bond donors (Lipinski definition) is 1. The Bertz CT molecular complexity index is 214. The molecule has 1 unspecified atom stereocenters. The molecule has 1 aliphatic rings. The van der Waals surface area contributed by atoms with Crippen molar-refractivity contribution in [3.63, 3.8) is 0 Å². The van der Waals surface area contributed by atoms with E-state index in [0.717, 1.165) is 44.0 Å². The molecule has 2 nitrogen and oxygen atoms in total. The molecule has 0 spiro atoms. The first-order chi connectivity index (χ1) is 8.22. The van der Waals surface area contributed by atoms with E-state index in [1.165, 1.54) is 25.7 Å². The van der Waals surface area contributed by atoms with Crippen LogP contribution in [0, 0.1) is 11.8 Å². The van der Waals surface area contributed by atoms with Gasteiger partial charge in [0.25, 0.3) is 0 Å². The largest absolute Gasteiger partial charge is 0.356 e. The minimum Gasteiger partial charge on any atom is -0.356 e. The normalized spacial score (nSPS) is 18.2. The van der Waals surface area contributed by atoms with E-state index in [9.17, 15) is 4.79 Å². The van der Waals surface area contributed by atoms with Gasteiger partial charge in [-0.15, -0.1) is 11.6 Å². The summed E-state index contributed by atoms with van der Waals surface area (Å²) < 4.78 is 0. The predicted molar refractivity (Wildman–Crippen MR) is 73.3 cm³/mol. The number of nitrogens with one attached hydrogen (secondary N) is 1. The average Bonchev–Trinajstić information content (AvgIpc) is 2.84. The van der Waals surface area contributed by atoms with Crippen LogP contribution < -0.4 is 5.32 Å². The summed E-state index contributed by atoms with van der Waals surface area (Å²) in [5.41, 5.74) is 0. The zero-order chi connectivity index (χ0) is 12.5. The van der Waals surface area contributed by atoms with E-state index in [1.807, 2.05) is 0 Å². The lowest BCUT2D eigenvalue weighted by Crippen LogP contribution is -2.25. The molecular formula is C14H26ClNO. The molecule has 3 heteroatoms. The number of carbonyl (C=O) groups is 1. The number of halogens is 1. The van der Waals surface area contributed by atoms with Crippen LogP contribution in [0.4, 0.5) is 0 Å². The Labute approximate surface area is 110 Å². The minimum absolute atomic E-state index is 0.232. The van der Waals surface area contributed by atoms with Crippen molar-refractivity contribution >= 4 is 17.5 Å². The maximum Gasteiger partial charge on any atom is 0.220 e. The molecule has 0 aromatic carbocycles. The standard InChI is InChI=1S/C14H26ClNO/c1-12(11-15)5-4-10-16-14(17)9-8-13-6-2-3-7-13/h12-13H,2-11H2,1H3,(H,16,17). The molecule has 0 heterocycles. The van der Waals surface area contributed by atoms with Gasteiger partial charge in [0.2, 0.25) is 5.91 Å². The smallest absolute Gasteiger partial charge is 0.220 e. The second kappa shape index (κ2) is 8.79. The second-order valence-corrected chi connectivity index (χ2v) is 5.75. The monoisotopic (exact) mass is 259 g/mol. The van der Waals surface area contributed by atoms with Crippen LogP contribution in [-0.2, 0) is 4.79 Å². The fraction of sp³-hybridized carbons (Fsp3) is 0.929. The molecular weight excluding hydrogens is 234 g/mol. The Kier molecular flexibility index (Phi) is 7.67. The summed E-state index contributed by atoms with van der Waals surface area (Å²) in [5.74, 6) is 2.33. The topological polar surface area (TPSA) is 29.1 Å². The Morgan fingerprint density at radius 1 is 1.41 bits per heavy atom. The van der Waals surface area contributed by atoms with Gasteiger partial charge in [-0.3, -0.25) is 4.79 Å². The van der Waals surface area contributed by atoms with Gasteiger partial charge in [-0.05, 0) is 31.1 Å². The first-order valence-corrected chi connectivity index (χ1v) is 7.58. The number of alkyl halides is 1. The van der Waals surface area contributed by atoms with E-state index in [0.29, 0.717) is 5.92 Å². The van der Waals surface area contributed by atoms with Crippen LogP contribution in [0.1, 0.15) is 58.3 Å².